The van der Waals surface area contributed by atoms with Crippen LogP contribution in [0.4, 0.5) is 10.2 Å². The van der Waals surface area contributed by atoms with E-state index >= 15 is 0 Å². The summed E-state index contributed by atoms with van der Waals surface area (Å²) in [6, 6.07) is 8.22. The molecule has 0 saturated carbocycles. The molecule has 0 bridgehead atoms. The molecule has 0 fully saturated rings. The molecule has 0 aliphatic carbocycles. The second-order valence-electron chi connectivity index (χ2n) is 5.04. The number of hydrogen-bond donors (Lipinski definition) is 1. The molecular weight excluding hydrogens is 331 g/mol. The molecule has 0 atom stereocenters. The molecular formula is C16H15FN4S2. The molecule has 0 aliphatic rings. The zero-order valence-corrected chi connectivity index (χ0v) is 14.3. The van der Waals surface area contributed by atoms with Gasteiger partial charge in [0.2, 0.25) is 0 Å². The zero-order chi connectivity index (χ0) is 16.4. The maximum absolute atomic E-state index is 13.3. The van der Waals surface area contributed by atoms with E-state index in [9.17, 15) is 4.39 Å². The van der Waals surface area contributed by atoms with Crippen molar-refractivity contribution in [2.75, 3.05) is 5.73 Å². The average Bonchev–Trinajstić information content (AvgIpc) is 2.85. The topological polar surface area (TPSA) is 64.7 Å². The summed E-state index contributed by atoms with van der Waals surface area (Å²) in [5.74, 6) is 0.867. The second kappa shape index (κ2) is 6.64. The van der Waals surface area contributed by atoms with Gasteiger partial charge in [-0.1, -0.05) is 23.9 Å². The van der Waals surface area contributed by atoms with Crippen molar-refractivity contribution >= 4 is 28.9 Å². The number of aryl methyl sites for hydroxylation is 2. The van der Waals surface area contributed by atoms with Gasteiger partial charge in [-0.2, -0.15) is 0 Å². The van der Waals surface area contributed by atoms with Crippen molar-refractivity contribution in [3.63, 3.8) is 0 Å². The predicted octanol–water partition coefficient (Wildman–Crippen LogP) is 4.23. The Hall–Kier alpha value is -1.99. The van der Waals surface area contributed by atoms with Crippen LogP contribution in [-0.4, -0.2) is 15.0 Å². The van der Waals surface area contributed by atoms with E-state index in [4.69, 9.17) is 5.73 Å². The summed E-state index contributed by atoms with van der Waals surface area (Å²) in [7, 11) is 0. The highest BCUT2D eigenvalue weighted by Gasteiger charge is 2.11. The fourth-order valence-electron chi connectivity index (χ4n) is 2.07. The number of benzene rings is 1. The van der Waals surface area contributed by atoms with E-state index in [1.165, 1.54) is 23.9 Å². The number of halogens is 1. The van der Waals surface area contributed by atoms with E-state index in [1.54, 1.807) is 23.5 Å². The van der Waals surface area contributed by atoms with Gasteiger partial charge in [-0.05, 0) is 26.0 Å². The minimum Gasteiger partial charge on any atom is -0.384 e. The molecule has 0 aliphatic heterocycles. The van der Waals surface area contributed by atoms with Crippen LogP contribution >= 0.6 is 23.1 Å². The Labute approximate surface area is 142 Å². The van der Waals surface area contributed by atoms with Crippen LogP contribution in [0, 0.1) is 19.7 Å². The standard InChI is InChI=1S/C16H15FN4S2/c1-9-6-14(18)21-16(19-9)22-8-13-10(2)23-15(20-13)11-4-3-5-12(17)7-11/h3-7H,8H2,1-2H3,(H2,18,19,21). The van der Waals surface area contributed by atoms with Gasteiger partial charge in [0.15, 0.2) is 5.16 Å². The molecule has 0 radical (unpaired) electrons. The maximum Gasteiger partial charge on any atom is 0.190 e. The van der Waals surface area contributed by atoms with Gasteiger partial charge in [-0.25, -0.2) is 19.3 Å². The van der Waals surface area contributed by atoms with Gasteiger partial charge in [0, 0.05) is 28.0 Å². The third kappa shape index (κ3) is 3.86. The Morgan fingerprint density at radius 1 is 1.17 bits per heavy atom. The largest absolute Gasteiger partial charge is 0.384 e. The normalized spacial score (nSPS) is 10.9. The minimum absolute atomic E-state index is 0.255. The van der Waals surface area contributed by atoms with Gasteiger partial charge in [0.1, 0.15) is 16.6 Å². The van der Waals surface area contributed by atoms with Crippen molar-refractivity contribution in [1.29, 1.82) is 0 Å². The number of nitrogens with two attached hydrogens (primary N) is 1. The summed E-state index contributed by atoms with van der Waals surface area (Å²) in [4.78, 5) is 14.3. The molecule has 2 aromatic heterocycles. The molecule has 0 spiro atoms. The monoisotopic (exact) mass is 346 g/mol. The number of thiazole rings is 1. The van der Waals surface area contributed by atoms with Crippen LogP contribution in [0.2, 0.25) is 0 Å². The number of nitrogens with zero attached hydrogens (tertiary/aromatic N) is 3. The summed E-state index contributed by atoms with van der Waals surface area (Å²) in [6.45, 7) is 3.90. The quantitative estimate of drug-likeness (QED) is 0.566. The summed E-state index contributed by atoms with van der Waals surface area (Å²) in [6.07, 6.45) is 0. The third-order valence-corrected chi connectivity index (χ3v) is 5.08. The molecule has 118 valence electrons. The minimum atomic E-state index is -0.255. The highest BCUT2D eigenvalue weighted by atomic mass is 32.2. The van der Waals surface area contributed by atoms with Crippen molar-refractivity contribution in [2.24, 2.45) is 0 Å². The number of rotatable bonds is 4. The van der Waals surface area contributed by atoms with Crippen LogP contribution in [0.1, 0.15) is 16.3 Å². The number of hydrogen-bond acceptors (Lipinski definition) is 6. The first-order valence-corrected chi connectivity index (χ1v) is 8.77. The molecule has 0 unspecified atom stereocenters. The number of anilines is 1. The Balaban J connectivity index is 1.79. The van der Waals surface area contributed by atoms with Gasteiger partial charge >= 0.3 is 0 Å². The summed E-state index contributed by atoms with van der Waals surface area (Å²) < 4.78 is 13.3. The van der Waals surface area contributed by atoms with Gasteiger partial charge in [0.05, 0.1) is 5.69 Å². The lowest BCUT2D eigenvalue weighted by molar-refractivity contribution is 0.628. The lowest BCUT2D eigenvalue weighted by atomic mass is 10.2. The van der Waals surface area contributed by atoms with Gasteiger partial charge in [-0.15, -0.1) is 11.3 Å². The lowest BCUT2D eigenvalue weighted by Gasteiger charge is -2.02. The summed E-state index contributed by atoms with van der Waals surface area (Å²) >= 11 is 3.06. The molecule has 7 heteroatoms. The van der Waals surface area contributed by atoms with Crippen LogP contribution < -0.4 is 5.73 Å². The highest BCUT2D eigenvalue weighted by Crippen LogP contribution is 2.31. The van der Waals surface area contributed by atoms with E-state index in [1.807, 2.05) is 19.9 Å². The molecule has 3 aromatic rings. The van der Waals surface area contributed by atoms with Crippen LogP contribution in [0.3, 0.4) is 0 Å². The molecule has 2 heterocycles. The van der Waals surface area contributed by atoms with Crippen LogP contribution in [-0.2, 0) is 5.75 Å². The predicted molar refractivity (Wildman–Crippen MR) is 93.0 cm³/mol. The van der Waals surface area contributed by atoms with Crippen LogP contribution in [0.15, 0.2) is 35.5 Å². The van der Waals surface area contributed by atoms with Gasteiger partial charge < -0.3 is 5.73 Å². The van der Waals surface area contributed by atoms with Crippen molar-refractivity contribution < 1.29 is 4.39 Å². The maximum atomic E-state index is 13.3. The molecule has 3 rings (SSSR count). The second-order valence-corrected chi connectivity index (χ2v) is 7.18. The Morgan fingerprint density at radius 3 is 2.74 bits per heavy atom. The number of thioether (sulfide) groups is 1. The fourth-order valence-corrected chi connectivity index (χ4v) is 4.01. The average molecular weight is 346 g/mol. The highest BCUT2D eigenvalue weighted by molar-refractivity contribution is 7.98. The summed E-state index contributed by atoms with van der Waals surface area (Å²) in [5, 5.41) is 1.46. The first-order valence-electron chi connectivity index (χ1n) is 6.97. The molecule has 1 aromatic carbocycles. The molecule has 4 nitrogen and oxygen atoms in total. The van der Waals surface area contributed by atoms with E-state index in [-0.39, 0.29) is 5.82 Å². The van der Waals surface area contributed by atoms with Gasteiger partial charge in [-0.3, -0.25) is 0 Å². The van der Waals surface area contributed by atoms with Crippen molar-refractivity contribution in [2.45, 2.75) is 24.8 Å². The van der Waals surface area contributed by atoms with E-state index < -0.39 is 0 Å². The third-order valence-electron chi connectivity index (χ3n) is 3.16. The Kier molecular flexibility index (Phi) is 4.58. The van der Waals surface area contributed by atoms with E-state index in [0.29, 0.717) is 16.7 Å². The van der Waals surface area contributed by atoms with E-state index in [0.717, 1.165) is 26.8 Å². The van der Waals surface area contributed by atoms with Crippen molar-refractivity contribution in [1.82, 2.24) is 15.0 Å². The molecule has 0 amide bonds. The van der Waals surface area contributed by atoms with E-state index in [2.05, 4.69) is 15.0 Å². The lowest BCUT2D eigenvalue weighted by Crippen LogP contribution is -1.97. The first-order chi connectivity index (χ1) is 11.0. The fraction of sp³-hybridized carbons (Fsp3) is 0.188. The van der Waals surface area contributed by atoms with Gasteiger partial charge in [0.25, 0.3) is 0 Å². The van der Waals surface area contributed by atoms with Crippen molar-refractivity contribution in [3.05, 3.63) is 52.4 Å². The zero-order valence-electron chi connectivity index (χ0n) is 12.7. The SMILES string of the molecule is Cc1cc(N)nc(SCc2nc(-c3cccc(F)c3)sc2C)n1. The summed E-state index contributed by atoms with van der Waals surface area (Å²) in [5.41, 5.74) is 8.34. The van der Waals surface area contributed by atoms with Crippen LogP contribution in [0.25, 0.3) is 10.6 Å². The molecule has 2 N–H and O–H groups in total. The van der Waals surface area contributed by atoms with Crippen LogP contribution in [0.5, 0.6) is 0 Å². The molecule has 23 heavy (non-hydrogen) atoms. The number of aromatic nitrogens is 3. The smallest absolute Gasteiger partial charge is 0.190 e. The number of nitrogen functional groups attached to an aromatic ring is 1. The van der Waals surface area contributed by atoms with Crippen molar-refractivity contribution in [3.8, 4) is 10.6 Å². The first kappa shape index (κ1) is 15.9. The Morgan fingerprint density at radius 2 is 2.00 bits per heavy atom. The molecule has 0 saturated heterocycles. The Bertz CT molecular complexity index is 828.